The highest BCUT2D eigenvalue weighted by Gasteiger charge is 2.41. The Balaban J connectivity index is 1.66. The molecule has 0 N–H and O–H groups in total. The fourth-order valence-corrected chi connectivity index (χ4v) is 4.03. The average Bonchev–Trinajstić information content (AvgIpc) is 2.82. The van der Waals surface area contributed by atoms with Gasteiger partial charge in [-0.3, -0.25) is 0 Å². The van der Waals surface area contributed by atoms with Crippen LogP contribution in [0.1, 0.15) is 42.1 Å². The van der Waals surface area contributed by atoms with Crippen LogP contribution in [0.2, 0.25) is 0 Å². The summed E-state index contributed by atoms with van der Waals surface area (Å²) >= 11 is 0. The van der Waals surface area contributed by atoms with Crippen molar-refractivity contribution in [1.29, 1.82) is 0 Å². The van der Waals surface area contributed by atoms with Crippen LogP contribution in [0.5, 0.6) is 5.75 Å². The lowest BCUT2D eigenvalue weighted by Crippen LogP contribution is -2.54. The van der Waals surface area contributed by atoms with Crippen LogP contribution >= 0.6 is 0 Å². The van der Waals surface area contributed by atoms with Gasteiger partial charge in [0, 0.05) is 6.54 Å². The van der Waals surface area contributed by atoms with Gasteiger partial charge in [0.2, 0.25) is 0 Å². The molecule has 7 heteroatoms. The third-order valence-corrected chi connectivity index (χ3v) is 5.91. The first kappa shape index (κ1) is 22.5. The van der Waals surface area contributed by atoms with Gasteiger partial charge in [-0.25, -0.2) is 23.3 Å². The predicted octanol–water partition coefficient (Wildman–Crippen LogP) is 6.40. The number of rotatable bonds is 4. The number of halogens is 2. The van der Waals surface area contributed by atoms with Crippen LogP contribution in [0.3, 0.4) is 0 Å². The van der Waals surface area contributed by atoms with E-state index in [4.69, 9.17) is 4.74 Å². The maximum Gasteiger partial charge on any atom is 0.424 e. The van der Waals surface area contributed by atoms with Crippen LogP contribution in [0.4, 0.5) is 18.4 Å². The largest absolute Gasteiger partial charge is 0.424 e. The van der Waals surface area contributed by atoms with Gasteiger partial charge in [0.1, 0.15) is 5.75 Å². The summed E-state index contributed by atoms with van der Waals surface area (Å²) in [5, 5.41) is 0. The molecule has 4 rings (SSSR count). The summed E-state index contributed by atoms with van der Waals surface area (Å²) in [6.07, 6.45) is -0.527. The first-order valence-corrected chi connectivity index (χ1v) is 10.7. The van der Waals surface area contributed by atoms with E-state index >= 15 is 0 Å². The number of carbonyl (C=O) groups is 2. The summed E-state index contributed by atoms with van der Waals surface area (Å²) in [6.45, 7) is 4.13. The number of urea groups is 1. The van der Waals surface area contributed by atoms with E-state index in [-0.39, 0.29) is 11.8 Å². The SMILES string of the molecule is Cc1ccc(OC(=O)N2C(=O)N([C@H](C)c3ccccc3)CCC2c2ccc(F)c(F)c2)cc1. The van der Waals surface area contributed by atoms with Gasteiger partial charge in [0.25, 0.3) is 0 Å². The molecular formula is C26H24F2N2O3. The van der Waals surface area contributed by atoms with Crippen molar-refractivity contribution in [2.45, 2.75) is 32.4 Å². The van der Waals surface area contributed by atoms with Gasteiger partial charge >= 0.3 is 12.1 Å². The normalized spacial score (nSPS) is 17.1. The van der Waals surface area contributed by atoms with Gasteiger partial charge in [-0.15, -0.1) is 0 Å². The zero-order valence-electron chi connectivity index (χ0n) is 18.4. The maximum atomic E-state index is 14.0. The van der Waals surface area contributed by atoms with Gasteiger partial charge in [-0.2, -0.15) is 0 Å². The number of nitrogens with zero attached hydrogens (tertiary/aromatic N) is 2. The molecule has 0 aliphatic carbocycles. The standard InChI is InChI=1S/C26H24F2N2O3/c1-17-8-11-21(12-9-17)33-26(32)30-24(20-10-13-22(27)23(28)16-20)14-15-29(25(30)31)18(2)19-6-4-3-5-7-19/h3-13,16,18,24H,14-15H2,1-2H3/t18-,24?/m1/s1. The highest BCUT2D eigenvalue weighted by atomic mass is 19.2. The number of ether oxygens (including phenoxy) is 1. The minimum absolute atomic E-state index is 0.288. The highest BCUT2D eigenvalue weighted by molar-refractivity contribution is 5.93. The Bertz CT molecular complexity index is 1150. The summed E-state index contributed by atoms with van der Waals surface area (Å²) < 4.78 is 33.0. The van der Waals surface area contributed by atoms with Crippen molar-refractivity contribution in [3.05, 3.63) is 101 Å². The van der Waals surface area contributed by atoms with Crippen LogP contribution in [0.15, 0.2) is 72.8 Å². The molecule has 0 saturated carbocycles. The lowest BCUT2D eigenvalue weighted by Gasteiger charge is -2.42. The van der Waals surface area contributed by atoms with Gasteiger partial charge in [0.05, 0.1) is 12.1 Å². The fraction of sp³-hybridized carbons (Fsp3) is 0.231. The molecule has 0 spiro atoms. The molecule has 3 aromatic rings. The van der Waals surface area contributed by atoms with Crippen molar-refractivity contribution in [3.63, 3.8) is 0 Å². The Kier molecular flexibility index (Phi) is 6.40. The van der Waals surface area contributed by atoms with E-state index in [0.29, 0.717) is 18.5 Å². The summed E-state index contributed by atoms with van der Waals surface area (Å²) in [5.74, 6) is -1.74. The van der Waals surface area contributed by atoms with Crippen LogP contribution in [-0.2, 0) is 0 Å². The van der Waals surface area contributed by atoms with Crippen LogP contribution in [-0.4, -0.2) is 28.5 Å². The molecule has 1 aliphatic heterocycles. The second-order valence-corrected chi connectivity index (χ2v) is 8.09. The predicted molar refractivity (Wildman–Crippen MR) is 120 cm³/mol. The van der Waals surface area contributed by atoms with E-state index in [9.17, 15) is 18.4 Å². The molecule has 33 heavy (non-hydrogen) atoms. The molecule has 1 fully saturated rings. The van der Waals surface area contributed by atoms with E-state index in [0.717, 1.165) is 28.2 Å². The zero-order chi connectivity index (χ0) is 23.5. The molecule has 3 amide bonds. The van der Waals surface area contributed by atoms with Gasteiger partial charge in [0.15, 0.2) is 11.6 Å². The van der Waals surface area contributed by atoms with Crippen molar-refractivity contribution >= 4 is 12.1 Å². The van der Waals surface area contributed by atoms with E-state index in [2.05, 4.69) is 0 Å². The van der Waals surface area contributed by atoms with E-state index in [1.54, 1.807) is 29.2 Å². The first-order valence-electron chi connectivity index (χ1n) is 10.7. The number of hydrogen-bond acceptors (Lipinski definition) is 3. The van der Waals surface area contributed by atoms with E-state index in [1.165, 1.54) is 6.07 Å². The Morgan fingerprint density at radius 1 is 1.00 bits per heavy atom. The van der Waals surface area contributed by atoms with E-state index < -0.39 is 29.8 Å². The Morgan fingerprint density at radius 2 is 1.70 bits per heavy atom. The number of amides is 3. The molecule has 1 unspecified atom stereocenters. The maximum absolute atomic E-state index is 14.0. The molecule has 1 heterocycles. The van der Waals surface area contributed by atoms with Crippen LogP contribution in [0, 0.1) is 18.6 Å². The molecule has 3 aromatic carbocycles. The van der Waals surface area contributed by atoms with Crippen LogP contribution in [0.25, 0.3) is 0 Å². The van der Waals surface area contributed by atoms with Gasteiger partial charge in [-0.1, -0.05) is 54.1 Å². The number of carbonyl (C=O) groups excluding carboxylic acids is 2. The molecule has 170 valence electrons. The van der Waals surface area contributed by atoms with Gasteiger partial charge < -0.3 is 9.64 Å². The Hall–Kier alpha value is -3.74. The van der Waals surface area contributed by atoms with Crippen molar-refractivity contribution in [3.8, 4) is 5.75 Å². The number of benzene rings is 3. The topological polar surface area (TPSA) is 49.9 Å². The quantitative estimate of drug-likeness (QED) is 0.462. The molecular weight excluding hydrogens is 426 g/mol. The van der Waals surface area contributed by atoms with Crippen molar-refractivity contribution < 1.29 is 23.1 Å². The summed E-state index contributed by atoms with van der Waals surface area (Å²) in [4.78, 5) is 29.3. The molecule has 0 radical (unpaired) electrons. The van der Waals surface area contributed by atoms with Crippen molar-refractivity contribution in [1.82, 2.24) is 9.80 Å². The number of aryl methyl sites for hydroxylation is 1. The van der Waals surface area contributed by atoms with Crippen molar-refractivity contribution in [2.24, 2.45) is 0 Å². The van der Waals surface area contributed by atoms with E-state index in [1.807, 2.05) is 44.2 Å². The Morgan fingerprint density at radius 3 is 2.36 bits per heavy atom. The Labute approximate surface area is 191 Å². The smallest absolute Gasteiger partial charge is 0.410 e. The molecule has 1 aliphatic rings. The molecule has 2 atom stereocenters. The van der Waals surface area contributed by atoms with Crippen LogP contribution < -0.4 is 4.74 Å². The van der Waals surface area contributed by atoms with Gasteiger partial charge in [-0.05, 0) is 55.7 Å². The lowest BCUT2D eigenvalue weighted by atomic mass is 9.98. The molecule has 0 bridgehead atoms. The highest BCUT2D eigenvalue weighted by Crippen LogP contribution is 2.35. The zero-order valence-corrected chi connectivity index (χ0v) is 18.4. The summed E-state index contributed by atoms with van der Waals surface area (Å²) in [6, 6.07) is 18.1. The minimum atomic E-state index is -1.04. The molecule has 1 saturated heterocycles. The second-order valence-electron chi connectivity index (χ2n) is 8.09. The third kappa shape index (κ3) is 4.72. The molecule has 5 nitrogen and oxygen atoms in total. The average molecular weight is 450 g/mol. The monoisotopic (exact) mass is 450 g/mol. The third-order valence-electron chi connectivity index (χ3n) is 5.91. The fourth-order valence-electron chi connectivity index (χ4n) is 4.03. The minimum Gasteiger partial charge on any atom is -0.410 e. The second kappa shape index (κ2) is 9.40. The lowest BCUT2D eigenvalue weighted by molar-refractivity contribution is 0.0789. The molecule has 0 aromatic heterocycles. The summed E-state index contributed by atoms with van der Waals surface area (Å²) in [7, 11) is 0. The number of hydrogen-bond donors (Lipinski definition) is 0. The first-order chi connectivity index (χ1) is 15.8. The van der Waals surface area contributed by atoms with Crippen molar-refractivity contribution in [2.75, 3.05) is 6.54 Å². The summed E-state index contributed by atoms with van der Waals surface area (Å²) in [5.41, 5.74) is 2.24. The number of imide groups is 1.